The number of benzene rings is 1. The van der Waals surface area contributed by atoms with Crippen molar-refractivity contribution in [2.24, 2.45) is 0 Å². The van der Waals surface area contributed by atoms with Crippen molar-refractivity contribution in [1.82, 2.24) is 10.5 Å². The standard InChI is InChI=1S/C13H15N3O2/c1-8-6-12(18-16-8)13(17)15-7-10-4-3-5-11(14)9(10)2/h3-6H,7,14H2,1-2H3,(H,15,17). The van der Waals surface area contributed by atoms with E-state index in [1.807, 2.05) is 25.1 Å². The maximum atomic E-state index is 11.8. The molecule has 0 saturated carbocycles. The van der Waals surface area contributed by atoms with Crippen LogP contribution in [-0.2, 0) is 6.54 Å². The van der Waals surface area contributed by atoms with Crippen molar-refractivity contribution in [3.8, 4) is 0 Å². The summed E-state index contributed by atoms with van der Waals surface area (Å²) >= 11 is 0. The minimum Gasteiger partial charge on any atom is -0.399 e. The lowest BCUT2D eigenvalue weighted by Crippen LogP contribution is -2.22. The van der Waals surface area contributed by atoms with Crippen LogP contribution < -0.4 is 11.1 Å². The minimum absolute atomic E-state index is 0.217. The molecule has 18 heavy (non-hydrogen) atoms. The molecule has 0 saturated heterocycles. The fourth-order valence-corrected chi connectivity index (χ4v) is 1.63. The number of aryl methyl sites for hydroxylation is 1. The lowest BCUT2D eigenvalue weighted by molar-refractivity contribution is 0.0914. The first-order valence-corrected chi connectivity index (χ1v) is 5.63. The van der Waals surface area contributed by atoms with Crippen molar-refractivity contribution < 1.29 is 9.32 Å². The highest BCUT2D eigenvalue weighted by Crippen LogP contribution is 2.15. The SMILES string of the molecule is Cc1cc(C(=O)NCc2cccc(N)c2C)on1. The molecule has 0 fully saturated rings. The summed E-state index contributed by atoms with van der Waals surface area (Å²) in [5.74, 6) is -0.0634. The van der Waals surface area contributed by atoms with Gasteiger partial charge in [0.15, 0.2) is 0 Å². The van der Waals surface area contributed by atoms with E-state index in [4.69, 9.17) is 10.3 Å². The first-order valence-electron chi connectivity index (χ1n) is 5.63. The summed E-state index contributed by atoms with van der Waals surface area (Å²) < 4.78 is 4.88. The van der Waals surface area contributed by atoms with Gasteiger partial charge in [0.1, 0.15) is 0 Å². The number of carbonyl (C=O) groups excluding carboxylic acids is 1. The number of amides is 1. The van der Waals surface area contributed by atoms with E-state index >= 15 is 0 Å². The van der Waals surface area contributed by atoms with Crippen LogP contribution in [0.2, 0.25) is 0 Å². The molecule has 0 spiro atoms. The Morgan fingerprint density at radius 2 is 2.22 bits per heavy atom. The molecule has 1 amide bonds. The van der Waals surface area contributed by atoms with Crippen LogP contribution in [0.4, 0.5) is 5.69 Å². The molecule has 0 radical (unpaired) electrons. The third-order valence-electron chi connectivity index (χ3n) is 2.78. The second-order valence-corrected chi connectivity index (χ2v) is 4.15. The highest BCUT2D eigenvalue weighted by Gasteiger charge is 2.11. The van der Waals surface area contributed by atoms with Crippen LogP contribution in [0.15, 0.2) is 28.8 Å². The van der Waals surface area contributed by atoms with Gasteiger partial charge in [-0.3, -0.25) is 4.79 Å². The third-order valence-corrected chi connectivity index (χ3v) is 2.78. The molecule has 1 aromatic heterocycles. The van der Waals surface area contributed by atoms with E-state index in [0.717, 1.165) is 16.8 Å². The van der Waals surface area contributed by atoms with Gasteiger partial charge in [-0.05, 0) is 31.0 Å². The van der Waals surface area contributed by atoms with Crippen molar-refractivity contribution >= 4 is 11.6 Å². The van der Waals surface area contributed by atoms with E-state index in [1.165, 1.54) is 0 Å². The Morgan fingerprint density at radius 3 is 2.89 bits per heavy atom. The summed E-state index contributed by atoms with van der Waals surface area (Å²) in [5.41, 5.74) is 9.16. The number of hydrogen-bond donors (Lipinski definition) is 2. The minimum atomic E-state index is -0.280. The Kier molecular flexibility index (Phi) is 3.32. The first kappa shape index (κ1) is 12.2. The van der Waals surface area contributed by atoms with Crippen LogP contribution in [0.25, 0.3) is 0 Å². The zero-order valence-corrected chi connectivity index (χ0v) is 10.4. The quantitative estimate of drug-likeness (QED) is 0.808. The number of carbonyl (C=O) groups is 1. The van der Waals surface area contributed by atoms with Gasteiger partial charge in [-0.15, -0.1) is 0 Å². The predicted octanol–water partition coefficient (Wildman–Crippen LogP) is 1.80. The number of anilines is 1. The zero-order valence-electron chi connectivity index (χ0n) is 10.4. The summed E-state index contributed by atoms with van der Waals surface area (Å²) in [6.07, 6.45) is 0. The van der Waals surface area contributed by atoms with Crippen molar-refractivity contribution in [2.75, 3.05) is 5.73 Å². The van der Waals surface area contributed by atoms with Gasteiger partial charge in [-0.1, -0.05) is 17.3 Å². The highest BCUT2D eigenvalue weighted by atomic mass is 16.5. The molecule has 0 aliphatic carbocycles. The molecule has 1 heterocycles. The fraction of sp³-hybridized carbons (Fsp3) is 0.231. The number of aromatic nitrogens is 1. The molecule has 0 atom stereocenters. The molecule has 0 aliphatic heterocycles. The topological polar surface area (TPSA) is 81.2 Å². The van der Waals surface area contributed by atoms with Gasteiger partial charge < -0.3 is 15.6 Å². The molecular weight excluding hydrogens is 230 g/mol. The largest absolute Gasteiger partial charge is 0.399 e. The monoisotopic (exact) mass is 245 g/mol. The molecular formula is C13H15N3O2. The molecule has 1 aromatic carbocycles. The van der Waals surface area contributed by atoms with Crippen LogP contribution in [0.3, 0.4) is 0 Å². The maximum Gasteiger partial charge on any atom is 0.290 e. The average molecular weight is 245 g/mol. The summed E-state index contributed by atoms with van der Waals surface area (Å²) in [6, 6.07) is 7.22. The Balaban J connectivity index is 2.04. The molecule has 2 rings (SSSR count). The fourth-order valence-electron chi connectivity index (χ4n) is 1.63. The van der Waals surface area contributed by atoms with E-state index in [2.05, 4.69) is 10.5 Å². The zero-order chi connectivity index (χ0) is 13.1. The van der Waals surface area contributed by atoms with Gasteiger partial charge >= 0.3 is 0 Å². The van der Waals surface area contributed by atoms with Crippen LogP contribution in [0.5, 0.6) is 0 Å². The Hall–Kier alpha value is -2.30. The van der Waals surface area contributed by atoms with Crippen LogP contribution in [0.1, 0.15) is 27.4 Å². The van der Waals surface area contributed by atoms with E-state index < -0.39 is 0 Å². The van der Waals surface area contributed by atoms with Gasteiger partial charge in [0.25, 0.3) is 5.91 Å². The predicted molar refractivity (Wildman–Crippen MR) is 68.0 cm³/mol. The van der Waals surface area contributed by atoms with Crippen molar-refractivity contribution in [3.63, 3.8) is 0 Å². The van der Waals surface area contributed by atoms with Crippen molar-refractivity contribution in [3.05, 3.63) is 46.8 Å². The lowest BCUT2D eigenvalue weighted by atomic mass is 10.1. The number of nitrogens with one attached hydrogen (secondary N) is 1. The first-order chi connectivity index (χ1) is 8.58. The molecule has 5 heteroatoms. The lowest BCUT2D eigenvalue weighted by Gasteiger charge is -2.08. The average Bonchev–Trinajstić information content (AvgIpc) is 2.77. The van der Waals surface area contributed by atoms with E-state index in [9.17, 15) is 4.79 Å². The molecule has 2 aromatic rings. The van der Waals surface area contributed by atoms with Gasteiger partial charge in [-0.2, -0.15) is 0 Å². The highest BCUT2D eigenvalue weighted by molar-refractivity contribution is 5.91. The van der Waals surface area contributed by atoms with Crippen LogP contribution in [-0.4, -0.2) is 11.1 Å². The van der Waals surface area contributed by atoms with Gasteiger partial charge in [-0.25, -0.2) is 0 Å². The Morgan fingerprint density at radius 1 is 1.44 bits per heavy atom. The number of nitrogen functional groups attached to an aromatic ring is 1. The summed E-state index contributed by atoms with van der Waals surface area (Å²) in [5, 5.41) is 6.44. The number of hydrogen-bond acceptors (Lipinski definition) is 4. The van der Waals surface area contributed by atoms with E-state index in [0.29, 0.717) is 12.2 Å². The summed E-state index contributed by atoms with van der Waals surface area (Å²) in [7, 11) is 0. The Bertz CT molecular complexity index is 575. The second-order valence-electron chi connectivity index (χ2n) is 4.15. The van der Waals surface area contributed by atoms with Crippen molar-refractivity contribution in [2.45, 2.75) is 20.4 Å². The van der Waals surface area contributed by atoms with Crippen LogP contribution in [0, 0.1) is 13.8 Å². The van der Waals surface area contributed by atoms with E-state index in [1.54, 1.807) is 13.0 Å². The molecule has 5 nitrogen and oxygen atoms in total. The summed E-state index contributed by atoms with van der Waals surface area (Å²) in [6.45, 7) is 4.10. The molecule has 94 valence electrons. The van der Waals surface area contributed by atoms with Gasteiger partial charge in [0, 0.05) is 18.3 Å². The second kappa shape index (κ2) is 4.91. The summed E-state index contributed by atoms with van der Waals surface area (Å²) in [4.78, 5) is 11.8. The smallest absolute Gasteiger partial charge is 0.290 e. The van der Waals surface area contributed by atoms with Gasteiger partial charge in [0.05, 0.1) is 5.69 Å². The Labute approximate surface area is 105 Å². The molecule has 3 N–H and O–H groups in total. The molecule has 0 unspecified atom stereocenters. The van der Waals surface area contributed by atoms with Gasteiger partial charge in [0.2, 0.25) is 5.76 Å². The number of rotatable bonds is 3. The normalized spacial score (nSPS) is 10.3. The van der Waals surface area contributed by atoms with E-state index in [-0.39, 0.29) is 11.7 Å². The number of nitrogens with two attached hydrogens (primary N) is 1. The third kappa shape index (κ3) is 2.51. The maximum absolute atomic E-state index is 11.8. The molecule has 0 bridgehead atoms. The molecule has 0 aliphatic rings. The van der Waals surface area contributed by atoms with Crippen molar-refractivity contribution in [1.29, 1.82) is 0 Å². The van der Waals surface area contributed by atoms with Crippen LogP contribution >= 0.6 is 0 Å². The number of nitrogens with zero attached hydrogens (tertiary/aromatic N) is 1.